The van der Waals surface area contributed by atoms with Crippen LogP contribution in [0.2, 0.25) is 0 Å². The van der Waals surface area contributed by atoms with Crippen molar-refractivity contribution in [2.45, 2.75) is 52.3 Å². The average molecular weight is 743 g/mol. The van der Waals surface area contributed by atoms with Gasteiger partial charge in [0.25, 0.3) is 0 Å². The standard InChI is InChI=1S/C34H31BrF3N5O2S2/c1-21(2)28-15-10-22(3)16-29(28)43-31(44)19-47-33(43)40-30(46)9-5-8-25(35)18-23-6-4-7-24(17-23)32-39-20-42(41-32)26-11-13-27(14-12-26)45-34(36,37)38/h4,6-7,10-18,20-21H,5,8-9,19H2,1-3H3/b25-18+,40-33?. The number of ether oxygens (including phenoxy) is 1. The lowest BCUT2D eigenvalue weighted by Crippen LogP contribution is -2.31. The van der Waals surface area contributed by atoms with Gasteiger partial charge in [0.05, 0.1) is 17.1 Å². The van der Waals surface area contributed by atoms with Crippen molar-refractivity contribution in [2.75, 3.05) is 10.7 Å². The summed E-state index contributed by atoms with van der Waals surface area (Å²) >= 11 is 10.7. The molecule has 1 aliphatic rings. The Bertz CT molecular complexity index is 1840. The smallest absolute Gasteiger partial charge is 0.406 e. The van der Waals surface area contributed by atoms with Crippen molar-refractivity contribution in [1.29, 1.82) is 0 Å². The number of carbonyl (C=O) groups is 1. The van der Waals surface area contributed by atoms with Crippen LogP contribution in [0.5, 0.6) is 5.75 Å². The van der Waals surface area contributed by atoms with Gasteiger partial charge in [0.2, 0.25) is 5.91 Å². The van der Waals surface area contributed by atoms with Crippen LogP contribution in [0, 0.1) is 6.92 Å². The number of hydrogen-bond donors (Lipinski definition) is 0. The Morgan fingerprint density at radius 2 is 1.89 bits per heavy atom. The maximum atomic E-state index is 12.9. The van der Waals surface area contributed by atoms with Crippen molar-refractivity contribution in [3.63, 3.8) is 0 Å². The predicted molar refractivity (Wildman–Crippen MR) is 189 cm³/mol. The van der Waals surface area contributed by atoms with Crippen LogP contribution in [0.4, 0.5) is 18.9 Å². The first kappa shape index (κ1) is 34.5. The molecule has 0 aliphatic carbocycles. The number of hydrogen-bond acceptors (Lipinski definition) is 6. The lowest BCUT2D eigenvalue weighted by molar-refractivity contribution is -0.274. The van der Waals surface area contributed by atoms with Gasteiger partial charge in [-0.05, 0) is 89.3 Å². The topological polar surface area (TPSA) is 72.6 Å². The zero-order valence-electron chi connectivity index (χ0n) is 25.8. The highest BCUT2D eigenvalue weighted by atomic mass is 79.9. The molecule has 1 amide bonds. The predicted octanol–water partition coefficient (Wildman–Crippen LogP) is 9.63. The number of anilines is 1. The van der Waals surface area contributed by atoms with Crippen LogP contribution in [0.3, 0.4) is 0 Å². The number of amidine groups is 1. The molecule has 0 radical (unpaired) electrons. The summed E-state index contributed by atoms with van der Waals surface area (Å²) in [6, 6.07) is 19.3. The second-order valence-electron chi connectivity index (χ2n) is 11.1. The van der Waals surface area contributed by atoms with Gasteiger partial charge < -0.3 is 4.74 Å². The highest BCUT2D eigenvalue weighted by Gasteiger charge is 2.32. The van der Waals surface area contributed by atoms with E-state index >= 15 is 0 Å². The van der Waals surface area contributed by atoms with E-state index in [0.717, 1.165) is 45.3 Å². The first-order valence-corrected chi connectivity index (χ1v) is 17.0. The average Bonchev–Trinajstić information content (AvgIpc) is 3.64. The fraction of sp³-hybridized carbons (Fsp3) is 0.265. The summed E-state index contributed by atoms with van der Waals surface area (Å²) in [5.74, 6) is 0.763. The first-order valence-electron chi connectivity index (χ1n) is 14.8. The number of thioether (sulfide) groups is 1. The number of thiocarbonyl (C=S) groups is 1. The normalized spacial score (nSPS) is 14.8. The van der Waals surface area contributed by atoms with Crippen molar-refractivity contribution in [2.24, 2.45) is 4.99 Å². The second kappa shape index (κ2) is 15.0. The number of amides is 1. The number of rotatable bonds is 10. The van der Waals surface area contributed by atoms with Gasteiger partial charge in [-0.2, -0.15) is 0 Å². The number of aromatic nitrogens is 3. The van der Waals surface area contributed by atoms with E-state index in [-0.39, 0.29) is 17.6 Å². The number of aliphatic imine (C=N–C) groups is 1. The van der Waals surface area contributed by atoms with E-state index in [1.807, 2.05) is 43.3 Å². The largest absolute Gasteiger partial charge is 0.573 e. The third-order valence-corrected chi connectivity index (χ3v) is 8.98. The number of halogens is 4. The molecule has 1 fully saturated rings. The second-order valence-corrected chi connectivity index (χ2v) is 13.6. The summed E-state index contributed by atoms with van der Waals surface area (Å²) in [7, 11) is 0. The third-order valence-electron chi connectivity index (χ3n) is 7.14. The SMILES string of the molecule is Cc1ccc(C(C)C)c(N2C(=O)CSC2=NC(=S)CCC/C(Br)=C\c2cccc(-c3ncn(-c4ccc(OC(F)(F)F)cc4)n3)c2)c1. The van der Waals surface area contributed by atoms with Crippen LogP contribution in [-0.2, 0) is 4.79 Å². The number of aryl methyl sites for hydroxylation is 1. The number of carbonyl (C=O) groups excluding carboxylic acids is 1. The van der Waals surface area contributed by atoms with Gasteiger partial charge in [-0.25, -0.2) is 14.7 Å². The minimum Gasteiger partial charge on any atom is -0.406 e. The van der Waals surface area contributed by atoms with Crippen molar-refractivity contribution in [1.82, 2.24) is 14.8 Å². The van der Waals surface area contributed by atoms with Gasteiger partial charge in [0.1, 0.15) is 17.1 Å². The van der Waals surface area contributed by atoms with Crippen molar-refractivity contribution < 1.29 is 22.7 Å². The van der Waals surface area contributed by atoms with Gasteiger partial charge in [-0.1, -0.05) is 84.1 Å². The Hall–Kier alpha value is -3.81. The van der Waals surface area contributed by atoms with E-state index in [1.165, 1.54) is 47.0 Å². The molecule has 0 saturated carbocycles. The van der Waals surface area contributed by atoms with Crippen LogP contribution >= 0.6 is 39.9 Å². The summed E-state index contributed by atoms with van der Waals surface area (Å²) in [4.78, 5) is 24.2. The van der Waals surface area contributed by atoms with Gasteiger partial charge in [0, 0.05) is 12.0 Å². The summed E-state index contributed by atoms with van der Waals surface area (Å²) in [5.41, 5.74) is 5.32. The lowest BCUT2D eigenvalue weighted by atomic mass is 9.99. The number of alkyl halides is 3. The van der Waals surface area contributed by atoms with Crippen LogP contribution in [0.25, 0.3) is 23.2 Å². The molecule has 3 aromatic carbocycles. The van der Waals surface area contributed by atoms with Crippen LogP contribution in [0.15, 0.2) is 82.5 Å². The monoisotopic (exact) mass is 741 g/mol. The Morgan fingerprint density at radius 1 is 1.13 bits per heavy atom. The van der Waals surface area contributed by atoms with Crippen LogP contribution in [0.1, 0.15) is 55.7 Å². The third kappa shape index (κ3) is 9.17. The van der Waals surface area contributed by atoms with Gasteiger partial charge in [-0.3, -0.25) is 9.69 Å². The molecule has 0 spiro atoms. The van der Waals surface area contributed by atoms with E-state index in [0.29, 0.717) is 33.8 Å². The van der Waals surface area contributed by atoms with Crippen molar-refractivity contribution in [3.05, 3.63) is 94.2 Å². The van der Waals surface area contributed by atoms with Gasteiger partial charge in [0.15, 0.2) is 11.0 Å². The highest BCUT2D eigenvalue weighted by molar-refractivity contribution is 9.11. The fourth-order valence-corrected chi connectivity index (χ4v) is 6.65. The molecule has 7 nitrogen and oxygen atoms in total. The van der Waals surface area contributed by atoms with Gasteiger partial charge >= 0.3 is 6.36 Å². The molecule has 1 aliphatic heterocycles. The minimum absolute atomic E-state index is 0.00698. The molecule has 244 valence electrons. The first-order chi connectivity index (χ1) is 22.4. The quantitative estimate of drug-likeness (QED) is 0.151. The summed E-state index contributed by atoms with van der Waals surface area (Å²) < 4.78 is 43.8. The van der Waals surface area contributed by atoms with E-state index in [2.05, 4.69) is 56.7 Å². The molecular formula is C34H31BrF3N5O2S2. The molecule has 4 aromatic rings. The molecule has 2 heterocycles. The molecule has 1 aromatic heterocycles. The van der Waals surface area contributed by atoms with E-state index in [9.17, 15) is 18.0 Å². The Kier molecular flexibility index (Phi) is 11.0. The van der Waals surface area contributed by atoms with E-state index < -0.39 is 6.36 Å². The molecule has 13 heteroatoms. The summed E-state index contributed by atoms with van der Waals surface area (Å²) in [6.07, 6.45) is 0.876. The van der Waals surface area contributed by atoms with E-state index in [1.54, 1.807) is 4.90 Å². The van der Waals surface area contributed by atoms with Gasteiger partial charge in [-0.15, -0.1) is 18.3 Å². The molecule has 0 unspecified atom stereocenters. The molecular weight excluding hydrogens is 711 g/mol. The summed E-state index contributed by atoms with van der Waals surface area (Å²) in [6.45, 7) is 6.24. The van der Waals surface area contributed by atoms with Crippen LogP contribution in [-0.4, -0.2) is 42.9 Å². The number of nitrogens with zero attached hydrogens (tertiary/aromatic N) is 5. The Morgan fingerprint density at radius 3 is 2.62 bits per heavy atom. The fourth-order valence-electron chi connectivity index (χ4n) is 4.93. The molecule has 0 N–H and O–H groups in total. The lowest BCUT2D eigenvalue weighted by Gasteiger charge is -2.22. The zero-order valence-corrected chi connectivity index (χ0v) is 29.0. The maximum absolute atomic E-state index is 12.9. The zero-order chi connectivity index (χ0) is 33.7. The molecule has 0 atom stereocenters. The maximum Gasteiger partial charge on any atom is 0.573 e. The van der Waals surface area contributed by atoms with Crippen LogP contribution < -0.4 is 9.64 Å². The molecule has 5 rings (SSSR count). The number of allylic oxidation sites excluding steroid dienone is 1. The Balaban J connectivity index is 1.19. The van der Waals surface area contributed by atoms with E-state index in [4.69, 9.17) is 17.2 Å². The molecule has 1 saturated heterocycles. The minimum atomic E-state index is -4.75. The Labute approximate surface area is 289 Å². The van der Waals surface area contributed by atoms with Crippen molar-refractivity contribution >= 4 is 67.7 Å². The highest BCUT2D eigenvalue weighted by Crippen LogP contribution is 2.34. The van der Waals surface area contributed by atoms with Crippen molar-refractivity contribution in [3.8, 4) is 22.8 Å². The number of benzene rings is 3. The molecule has 0 bridgehead atoms. The summed E-state index contributed by atoms with van der Waals surface area (Å²) in [5, 5.41) is 5.12. The molecule has 47 heavy (non-hydrogen) atoms.